The van der Waals surface area contributed by atoms with Crippen molar-refractivity contribution in [2.45, 2.75) is 6.10 Å². The molecule has 0 bridgehead atoms. The number of aliphatic hydroxyl groups excluding tert-OH is 1. The SMILES string of the molecule is Nc1ccc(NCC(O)c2ccccc2)c2ccncc12. The van der Waals surface area contributed by atoms with E-state index in [1.165, 1.54) is 0 Å². The topological polar surface area (TPSA) is 71.2 Å². The summed E-state index contributed by atoms with van der Waals surface area (Å²) in [6.07, 6.45) is 2.94. The van der Waals surface area contributed by atoms with E-state index < -0.39 is 6.10 Å². The molecule has 0 radical (unpaired) electrons. The summed E-state index contributed by atoms with van der Waals surface area (Å²) in [5.74, 6) is 0. The van der Waals surface area contributed by atoms with Gasteiger partial charge in [0.1, 0.15) is 0 Å². The van der Waals surface area contributed by atoms with Gasteiger partial charge < -0.3 is 16.2 Å². The third-order valence-electron chi connectivity index (χ3n) is 3.52. The summed E-state index contributed by atoms with van der Waals surface area (Å²) in [6, 6.07) is 15.3. The average molecular weight is 279 g/mol. The molecule has 106 valence electrons. The van der Waals surface area contributed by atoms with Crippen LogP contribution in [-0.2, 0) is 0 Å². The smallest absolute Gasteiger partial charge is 0.0962 e. The van der Waals surface area contributed by atoms with Crippen LogP contribution < -0.4 is 11.1 Å². The monoisotopic (exact) mass is 279 g/mol. The van der Waals surface area contributed by atoms with E-state index in [-0.39, 0.29) is 0 Å². The predicted molar refractivity (Wildman–Crippen MR) is 86.0 cm³/mol. The van der Waals surface area contributed by atoms with Crippen LogP contribution in [0.4, 0.5) is 11.4 Å². The van der Waals surface area contributed by atoms with Crippen LogP contribution in [-0.4, -0.2) is 16.6 Å². The molecule has 1 heterocycles. The van der Waals surface area contributed by atoms with Crippen molar-refractivity contribution in [2.75, 3.05) is 17.6 Å². The van der Waals surface area contributed by atoms with E-state index in [1.807, 2.05) is 48.5 Å². The van der Waals surface area contributed by atoms with E-state index in [4.69, 9.17) is 5.73 Å². The minimum absolute atomic E-state index is 0.436. The molecule has 0 aliphatic rings. The molecule has 0 saturated carbocycles. The fourth-order valence-corrected chi connectivity index (χ4v) is 2.37. The number of rotatable bonds is 4. The van der Waals surface area contributed by atoms with Crippen molar-refractivity contribution in [1.29, 1.82) is 0 Å². The second kappa shape index (κ2) is 5.81. The summed E-state index contributed by atoms with van der Waals surface area (Å²) >= 11 is 0. The molecular formula is C17H17N3O. The van der Waals surface area contributed by atoms with Gasteiger partial charge in [-0.25, -0.2) is 0 Å². The van der Waals surface area contributed by atoms with Crippen LogP contribution in [0.25, 0.3) is 10.8 Å². The van der Waals surface area contributed by atoms with Gasteiger partial charge in [-0.05, 0) is 23.8 Å². The molecular weight excluding hydrogens is 262 g/mol. The molecule has 3 rings (SSSR count). The zero-order chi connectivity index (χ0) is 14.7. The molecule has 0 saturated heterocycles. The van der Waals surface area contributed by atoms with Crippen molar-refractivity contribution >= 4 is 22.1 Å². The van der Waals surface area contributed by atoms with Crippen LogP contribution >= 0.6 is 0 Å². The van der Waals surface area contributed by atoms with Gasteiger partial charge in [0, 0.05) is 41.1 Å². The fraction of sp³-hybridized carbons (Fsp3) is 0.118. The van der Waals surface area contributed by atoms with Gasteiger partial charge in [-0.1, -0.05) is 30.3 Å². The highest BCUT2D eigenvalue weighted by atomic mass is 16.3. The number of benzene rings is 2. The summed E-state index contributed by atoms with van der Waals surface area (Å²) in [5, 5.41) is 15.4. The lowest BCUT2D eigenvalue weighted by atomic mass is 10.1. The van der Waals surface area contributed by atoms with E-state index in [2.05, 4.69) is 10.3 Å². The van der Waals surface area contributed by atoms with Crippen LogP contribution in [0.15, 0.2) is 60.9 Å². The molecule has 4 N–H and O–H groups in total. The van der Waals surface area contributed by atoms with Crippen molar-refractivity contribution in [1.82, 2.24) is 4.98 Å². The van der Waals surface area contributed by atoms with Gasteiger partial charge in [-0.2, -0.15) is 0 Å². The van der Waals surface area contributed by atoms with Crippen molar-refractivity contribution < 1.29 is 5.11 Å². The molecule has 0 amide bonds. The van der Waals surface area contributed by atoms with Crippen LogP contribution in [0.3, 0.4) is 0 Å². The standard InChI is InChI=1S/C17H17N3O/c18-15-6-7-16(13-8-9-19-10-14(13)15)20-11-17(21)12-4-2-1-3-5-12/h1-10,17,20-21H,11,18H2. The second-order valence-corrected chi connectivity index (χ2v) is 4.93. The first-order chi connectivity index (χ1) is 10.3. The van der Waals surface area contributed by atoms with Gasteiger partial charge in [0.25, 0.3) is 0 Å². The zero-order valence-corrected chi connectivity index (χ0v) is 11.5. The number of fused-ring (bicyclic) bond motifs is 1. The Morgan fingerprint density at radius 3 is 2.67 bits per heavy atom. The van der Waals surface area contributed by atoms with Gasteiger partial charge in [0.2, 0.25) is 0 Å². The van der Waals surface area contributed by atoms with Gasteiger partial charge in [0.15, 0.2) is 0 Å². The minimum Gasteiger partial charge on any atom is -0.398 e. The van der Waals surface area contributed by atoms with Crippen LogP contribution in [0.2, 0.25) is 0 Å². The van der Waals surface area contributed by atoms with Crippen molar-refractivity contribution in [3.05, 3.63) is 66.5 Å². The number of nitrogens with one attached hydrogen (secondary N) is 1. The quantitative estimate of drug-likeness (QED) is 0.642. The Hall–Kier alpha value is -2.59. The van der Waals surface area contributed by atoms with Gasteiger partial charge >= 0.3 is 0 Å². The lowest BCUT2D eigenvalue weighted by molar-refractivity contribution is 0.191. The number of hydrogen-bond acceptors (Lipinski definition) is 4. The fourth-order valence-electron chi connectivity index (χ4n) is 2.37. The number of aliphatic hydroxyl groups is 1. The first-order valence-electron chi connectivity index (χ1n) is 6.85. The Labute approximate surface area is 123 Å². The maximum absolute atomic E-state index is 10.2. The Morgan fingerprint density at radius 1 is 1.05 bits per heavy atom. The highest BCUT2D eigenvalue weighted by Gasteiger charge is 2.08. The number of hydrogen-bond donors (Lipinski definition) is 3. The lowest BCUT2D eigenvalue weighted by Crippen LogP contribution is -2.12. The Balaban J connectivity index is 1.81. The largest absolute Gasteiger partial charge is 0.398 e. The third kappa shape index (κ3) is 2.80. The van der Waals surface area contributed by atoms with Gasteiger partial charge in [-0.3, -0.25) is 4.98 Å². The molecule has 1 aromatic heterocycles. The summed E-state index contributed by atoms with van der Waals surface area (Å²) in [6.45, 7) is 0.436. The Kier molecular flexibility index (Phi) is 3.71. The van der Waals surface area contributed by atoms with Crippen LogP contribution in [0.1, 0.15) is 11.7 Å². The molecule has 0 aliphatic carbocycles. The molecule has 0 fully saturated rings. The van der Waals surface area contributed by atoms with Crippen LogP contribution in [0.5, 0.6) is 0 Å². The minimum atomic E-state index is -0.555. The van der Waals surface area contributed by atoms with E-state index in [0.717, 1.165) is 22.0 Å². The highest BCUT2D eigenvalue weighted by molar-refractivity contribution is 6.00. The maximum atomic E-state index is 10.2. The molecule has 0 aliphatic heterocycles. The number of aromatic nitrogens is 1. The summed E-state index contributed by atoms with van der Waals surface area (Å²) in [5.41, 5.74) is 8.49. The summed E-state index contributed by atoms with van der Waals surface area (Å²) < 4.78 is 0. The number of anilines is 2. The molecule has 21 heavy (non-hydrogen) atoms. The van der Waals surface area contributed by atoms with Crippen LogP contribution in [0, 0.1) is 0 Å². The number of nitrogens with zero attached hydrogens (tertiary/aromatic N) is 1. The summed E-state index contributed by atoms with van der Waals surface area (Å²) in [7, 11) is 0. The molecule has 2 aromatic carbocycles. The van der Waals surface area contributed by atoms with E-state index in [0.29, 0.717) is 12.2 Å². The maximum Gasteiger partial charge on any atom is 0.0962 e. The lowest BCUT2D eigenvalue weighted by Gasteiger charge is -2.15. The molecule has 3 aromatic rings. The van der Waals surface area contributed by atoms with E-state index >= 15 is 0 Å². The zero-order valence-electron chi connectivity index (χ0n) is 11.5. The highest BCUT2D eigenvalue weighted by Crippen LogP contribution is 2.27. The molecule has 0 spiro atoms. The van der Waals surface area contributed by atoms with Crippen molar-refractivity contribution in [3.8, 4) is 0 Å². The first-order valence-corrected chi connectivity index (χ1v) is 6.85. The average Bonchev–Trinajstić information content (AvgIpc) is 2.55. The Morgan fingerprint density at radius 2 is 1.86 bits per heavy atom. The van der Waals surface area contributed by atoms with Gasteiger partial charge in [-0.15, -0.1) is 0 Å². The number of pyridine rings is 1. The molecule has 4 nitrogen and oxygen atoms in total. The third-order valence-corrected chi connectivity index (χ3v) is 3.52. The van der Waals surface area contributed by atoms with E-state index in [9.17, 15) is 5.11 Å². The number of nitrogen functional groups attached to an aromatic ring is 1. The number of nitrogens with two attached hydrogens (primary N) is 1. The van der Waals surface area contributed by atoms with Crippen molar-refractivity contribution in [2.24, 2.45) is 0 Å². The Bertz CT molecular complexity index is 743. The van der Waals surface area contributed by atoms with Gasteiger partial charge in [0.05, 0.1) is 6.10 Å². The van der Waals surface area contributed by atoms with Crippen molar-refractivity contribution in [3.63, 3.8) is 0 Å². The normalized spacial score (nSPS) is 12.2. The molecule has 1 atom stereocenters. The predicted octanol–water partition coefficient (Wildman–Crippen LogP) is 2.96. The first kappa shape index (κ1) is 13.4. The van der Waals surface area contributed by atoms with E-state index in [1.54, 1.807) is 12.4 Å². The molecule has 1 unspecified atom stereocenters. The molecule has 4 heteroatoms. The second-order valence-electron chi connectivity index (χ2n) is 4.93. The summed E-state index contributed by atoms with van der Waals surface area (Å²) in [4.78, 5) is 4.10.